The molecule has 5 heteroatoms. The zero-order valence-electron chi connectivity index (χ0n) is 14.9. The Bertz CT molecular complexity index is 1070. The van der Waals surface area contributed by atoms with Gasteiger partial charge < -0.3 is 14.6 Å². The largest absolute Gasteiger partial charge is 0.496 e. The van der Waals surface area contributed by atoms with Gasteiger partial charge in [-0.25, -0.2) is 9.18 Å². The maximum absolute atomic E-state index is 14.3. The van der Waals surface area contributed by atoms with Crippen LogP contribution in [0.1, 0.15) is 21.5 Å². The summed E-state index contributed by atoms with van der Waals surface area (Å²) in [5, 5.41) is 9.72. The molecule has 0 unspecified atom stereocenters. The normalized spacial score (nSPS) is 12.0. The molecule has 4 rings (SSSR count). The Morgan fingerprint density at radius 3 is 2.56 bits per heavy atom. The average molecular weight is 364 g/mol. The van der Waals surface area contributed by atoms with E-state index >= 15 is 0 Å². The molecule has 0 aliphatic carbocycles. The number of carboxylic acids is 1. The molecule has 0 atom stereocenters. The predicted octanol–water partition coefficient (Wildman–Crippen LogP) is 5.07. The Kier molecular flexibility index (Phi) is 4.07. The van der Waals surface area contributed by atoms with Crippen molar-refractivity contribution in [1.29, 1.82) is 0 Å². The van der Waals surface area contributed by atoms with Crippen molar-refractivity contribution in [2.24, 2.45) is 0 Å². The van der Waals surface area contributed by atoms with E-state index in [4.69, 9.17) is 9.47 Å². The zero-order valence-corrected chi connectivity index (χ0v) is 14.9. The smallest absolute Gasteiger partial charge is 0.336 e. The second-order valence-corrected chi connectivity index (χ2v) is 6.45. The lowest BCUT2D eigenvalue weighted by Gasteiger charge is -2.24. The lowest BCUT2D eigenvalue weighted by molar-refractivity contribution is 0.0697. The number of methoxy groups -OCH3 is 1. The predicted molar refractivity (Wildman–Crippen MR) is 99.9 cm³/mol. The van der Waals surface area contributed by atoms with Gasteiger partial charge in [-0.2, -0.15) is 0 Å². The zero-order chi connectivity index (χ0) is 19.1. The summed E-state index contributed by atoms with van der Waals surface area (Å²) < 4.78 is 25.5. The molecule has 0 radical (unpaired) electrons. The lowest BCUT2D eigenvalue weighted by atomic mass is 9.90. The van der Waals surface area contributed by atoms with E-state index < -0.39 is 11.8 Å². The highest BCUT2D eigenvalue weighted by atomic mass is 19.1. The standard InChI is InChI=1S/C22H17FO4/c1-12-7-13-11-27-21-10-16(14-5-3-4-6-19(14)23)18(22(24)25)8-17(21)15(13)9-20(12)26-2/h3-10H,11H2,1-2H3,(H,24,25). The third kappa shape index (κ3) is 2.81. The van der Waals surface area contributed by atoms with Crippen LogP contribution in [0.3, 0.4) is 0 Å². The van der Waals surface area contributed by atoms with Crippen molar-refractivity contribution in [3.05, 3.63) is 71.0 Å². The van der Waals surface area contributed by atoms with E-state index in [1.807, 2.05) is 19.1 Å². The third-order valence-electron chi connectivity index (χ3n) is 4.81. The molecule has 4 nitrogen and oxygen atoms in total. The molecule has 1 aliphatic rings. The maximum atomic E-state index is 14.3. The van der Waals surface area contributed by atoms with Crippen molar-refractivity contribution in [3.8, 4) is 33.8 Å². The topological polar surface area (TPSA) is 55.8 Å². The summed E-state index contributed by atoms with van der Waals surface area (Å²) in [5.41, 5.74) is 4.00. The number of rotatable bonds is 3. The summed E-state index contributed by atoms with van der Waals surface area (Å²) >= 11 is 0. The molecule has 0 aromatic heterocycles. The fourth-order valence-electron chi connectivity index (χ4n) is 3.48. The fourth-order valence-corrected chi connectivity index (χ4v) is 3.48. The molecule has 3 aromatic rings. The van der Waals surface area contributed by atoms with Crippen LogP contribution in [0.25, 0.3) is 22.3 Å². The van der Waals surface area contributed by atoms with Gasteiger partial charge in [0.1, 0.15) is 23.9 Å². The van der Waals surface area contributed by atoms with Gasteiger partial charge in [-0.05, 0) is 53.9 Å². The Labute approximate surface area is 155 Å². The first-order chi connectivity index (χ1) is 13.0. The highest BCUT2D eigenvalue weighted by Gasteiger charge is 2.24. The van der Waals surface area contributed by atoms with E-state index in [0.29, 0.717) is 23.5 Å². The first-order valence-electron chi connectivity index (χ1n) is 8.46. The molecule has 1 aliphatic heterocycles. The lowest BCUT2D eigenvalue weighted by Crippen LogP contribution is -2.09. The second-order valence-electron chi connectivity index (χ2n) is 6.45. The Hall–Kier alpha value is -3.34. The van der Waals surface area contributed by atoms with Crippen LogP contribution >= 0.6 is 0 Å². The van der Waals surface area contributed by atoms with Gasteiger partial charge in [0.25, 0.3) is 0 Å². The monoisotopic (exact) mass is 364 g/mol. The van der Waals surface area contributed by atoms with E-state index in [9.17, 15) is 14.3 Å². The summed E-state index contributed by atoms with van der Waals surface area (Å²) in [6, 6.07) is 13.1. The number of carboxylic acid groups (broad SMARTS) is 1. The van der Waals surface area contributed by atoms with Gasteiger partial charge >= 0.3 is 5.97 Å². The van der Waals surface area contributed by atoms with Crippen LogP contribution in [0.2, 0.25) is 0 Å². The minimum atomic E-state index is -1.12. The van der Waals surface area contributed by atoms with Crippen LogP contribution < -0.4 is 9.47 Å². The molecule has 0 spiro atoms. The van der Waals surface area contributed by atoms with Crippen LogP contribution in [0.5, 0.6) is 11.5 Å². The highest BCUT2D eigenvalue weighted by molar-refractivity contribution is 5.99. The van der Waals surface area contributed by atoms with Crippen molar-refractivity contribution in [1.82, 2.24) is 0 Å². The number of fused-ring (bicyclic) bond motifs is 3. The molecule has 3 aromatic carbocycles. The first kappa shape index (κ1) is 17.1. The van der Waals surface area contributed by atoms with Gasteiger partial charge in [0.15, 0.2) is 0 Å². The van der Waals surface area contributed by atoms with E-state index in [1.165, 1.54) is 6.07 Å². The molecule has 0 saturated heterocycles. The number of aryl methyl sites for hydroxylation is 1. The van der Waals surface area contributed by atoms with Crippen LogP contribution in [-0.2, 0) is 6.61 Å². The van der Waals surface area contributed by atoms with E-state index in [0.717, 1.165) is 22.4 Å². The fraction of sp³-hybridized carbons (Fsp3) is 0.136. The van der Waals surface area contributed by atoms with E-state index in [-0.39, 0.29) is 11.1 Å². The SMILES string of the molecule is COc1cc2c(cc1C)COc1cc(-c3ccccc3F)c(C(=O)O)cc1-2. The number of hydrogen-bond acceptors (Lipinski definition) is 3. The Morgan fingerprint density at radius 2 is 1.85 bits per heavy atom. The van der Waals surface area contributed by atoms with Crippen LogP contribution in [0.4, 0.5) is 4.39 Å². The molecule has 1 N–H and O–H groups in total. The Morgan fingerprint density at radius 1 is 1.07 bits per heavy atom. The summed E-state index contributed by atoms with van der Waals surface area (Å²) in [4.78, 5) is 11.9. The van der Waals surface area contributed by atoms with Crippen molar-refractivity contribution in [2.75, 3.05) is 7.11 Å². The first-order valence-corrected chi connectivity index (χ1v) is 8.46. The van der Waals surface area contributed by atoms with Crippen molar-refractivity contribution in [2.45, 2.75) is 13.5 Å². The summed E-state index contributed by atoms with van der Waals surface area (Å²) in [5.74, 6) is -0.357. The van der Waals surface area contributed by atoms with E-state index in [2.05, 4.69) is 0 Å². The van der Waals surface area contributed by atoms with Gasteiger partial charge in [0.05, 0.1) is 12.7 Å². The van der Waals surface area contributed by atoms with E-state index in [1.54, 1.807) is 37.4 Å². The number of benzene rings is 3. The number of halogens is 1. The number of carbonyl (C=O) groups is 1. The van der Waals surface area contributed by atoms with Crippen molar-refractivity contribution in [3.63, 3.8) is 0 Å². The summed E-state index contributed by atoms with van der Waals surface area (Å²) in [6.07, 6.45) is 0. The minimum absolute atomic E-state index is 0.0230. The molecule has 0 amide bonds. The van der Waals surface area contributed by atoms with Crippen LogP contribution in [0, 0.1) is 12.7 Å². The molecule has 0 bridgehead atoms. The number of aromatic carboxylic acids is 1. The molecule has 1 heterocycles. The van der Waals surface area contributed by atoms with Crippen molar-refractivity contribution < 1.29 is 23.8 Å². The average Bonchev–Trinajstić information content (AvgIpc) is 2.66. The third-order valence-corrected chi connectivity index (χ3v) is 4.81. The molecule has 136 valence electrons. The maximum Gasteiger partial charge on any atom is 0.336 e. The number of ether oxygens (including phenoxy) is 2. The quantitative estimate of drug-likeness (QED) is 0.705. The van der Waals surface area contributed by atoms with Crippen LogP contribution in [0.15, 0.2) is 48.5 Å². The summed E-state index contributed by atoms with van der Waals surface area (Å²) in [6.45, 7) is 2.30. The molecule has 27 heavy (non-hydrogen) atoms. The van der Waals surface area contributed by atoms with Crippen molar-refractivity contribution >= 4 is 5.97 Å². The second kappa shape index (κ2) is 6.43. The summed E-state index contributed by atoms with van der Waals surface area (Å²) in [7, 11) is 1.60. The minimum Gasteiger partial charge on any atom is -0.496 e. The van der Waals surface area contributed by atoms with Gasteiger partial charge in [-0.15, -0.1) is 0 Å². The molecular formula is C22H17FO4. The van der Waals surface area contributed by atoms with Gasteiger partial charge in [0, 0.05) is 16.7 Å². The molecule has 0 saturated carbocycles. The van der Waals surface area contributed by atoms with Gasteiger partial charge in [0.2, 0.25) is 0 Å². The van der Waals surface area contributed by atoms with Crippen LogP contribution in [-0.4, -0.2) is 18.2 Å². The highest BCUT2D eigenvalue weighted by Crippen LogP contribution is 2.44. The molecule has 0 fully saturated rings. The van der Waals surface area contributed by atoms with Gasteiger partial charge in [-0.3, -0.25) is 0 Å². The number of hydrogen-bond donors (Lipinski definition) is 1. The van der Waals surface area contributed by atoms with Gasteiger partial charge in [-0.1, -0.05) is 18.2 Å². The molecular weight excluding hydrogens is 347 g/mol. The Balaban J connectivity index is 1.97.